The molecule has 94 valence electrons. The molecule has 0 radical (unpaired) electrons. The average molecular weight is 273 g/mol. The van der Waals surface area contributed by atoms with Gasteiger partial charge < -0.3 is 4.74 Å². The van der Waals surface area contributed by atoms with E-state index in [9.17, 15) is 0 Å². The third kappa shape index (κ3) is 4.87. The van der Waals surface area contributed by atoms with E-state index in [0.29, 0.717) is 11.1 Å². The van der Waals surface area contributed by atoms with Gasteiger partial charge in [-0.2, -0.15) is 0 Å². The van der Waals surface area contributed by atoms with Crippen molar-refractivity contribution in [2.45, 2.75) is 44.6 Å². The summed E-state index contributed by atoms with van der Waals surface area (Å²) < 4.78 is 5.18. The molecule has 1 aliphatic heterocycles. The minimum Gasteiger partial charge on any atom is -0.373 e. The van der Waals surface area contributed by atoms with Gasteiger partial charge in [0.25, 0.3) is 0 Å². The summed E-state index contributed by atoms with van der Waals surface area (Å²) in [5, 5.41) is 1.51. The van der Waals surface area contributed by atoms with Gasteiger partial charge in [0.2, 0.25) is 0 Å². The second kappa shape index (κ2) is 6.63. The smallest absolute Gasteiger partial charge is 0.0810 e. The Morgan fingerprint density at radius 3 is 2.59 bits per heavy atom. The van der Waals surface area contributed by atoms with E-state index in [2.05, 4.69) is 0 Å². The summed E-state index contributed by atoms with van der Waals surface area (Å²) in [6.07, 6.45) is 7.93. The lowest BCUT2D eigenvalue weighted by Crippen LogP contribution is -1.89. The van der Waals surface area contributed by atoms with Crippen LogP contribution in [-0.2, 0) is 11.2 Å². The van der Waals surface area contributed by atoms with E-state index in [1.54, 1.807) is 0 Å². The highest BCUT2D eigenvalue weighted by Crippen LogP contribution is 2.23. The Kier molecular flexibility index (Phi) is 5.15. The van der Waals surface area contributed by atoms with E-state index in [1.165, 1.54) is 37.7 Å². The van der Waals surface area contributed by atoms with Gasteiger partial charge in [0.05, 0.1) is 12.7 Å². The number of rotatable bonds is 7. The highest BCUT2D eigenvalue weighted by molar-refractivity contribution is 6.35. The summed E-state index contributed by atoms with van der Waals surface area (Å²) in [5.74, 6) is 0. The van der Waals surface area contributed by atoms with Gasteiger partial charge in [0.15, 0.2) is 0 Å². The molecule has 1 aliphatic rings. The predicted octanol–water partition coefficient (Wildman–Crippen LogP) is 4.89. The third-order valence-electron chi connectivity index (χ3n) is 3.14. The molecule has 17 heavy (non-hydrogen) atoms. The zero-order valence-electron chi connectivity index (χ0n) is 9.92. The van der Waals surface area contributed by atoms with Crippen LogP contribution in [0, 0.1) is 0 Å². The Morgan fingerprint density at radius 1 is 1.12 bits per heavy atom. The molecule has 0 bridgehead atoms. The highest BCUT2D eigenvalue weighted by atomic mass is 35.5. The van der Waals surface area contributed by atoms with Gasteiger partial charge in [0, 0.05) is 10.0 Å². The first-order chi connectivity index (χ1) is 8.25. The molecule has 1 atom stereocenters. The van der Waals surface area contributed by atoms with Gasteiger partial charge in [-0.1, -0.05) is 48.5 Å². The number of unbranched alkanes of at least 4 members (excludes halogenated alkanes) is 3. The van der Waals surface area contributed by atoms with Gasteiger partial charge in [-0.05, 0) is 37.0 Å². The largest absolute Gasteiger partial charge is 0.373 e. The molecule has 0 aromatic heterocycles. The lowest BCUT2D eigenvalue weighted by Gasteiger charge is -2.04. The molecular weight excluding hydrogens is 255 g/mol. The van der Waals surface area contributed by atoms with Gasteiger partial charge in [-0.25, -0.2) is 0 Å². The Labute approximate surface area is 113 Å². The van der Waals surface area contributed by atoms with Gasteiger partial charge in [-0.3, -0.25) is 0 Å². The van der Waals surface area contributed by atoms with Crippen LogP contribution in [0.25, 0.3) is 0 Å². The van der Waals surface area contributed by atoms with Gasteiger partial charge >= 0.3 is 0 Å². The first kappa shape index (κ1) is 13.2. The van der Waals surface area contributed by atoms with E-state index in [0.717, 1.165) is 18.1 Å². The van der Waals surface area contributed by atoms with Crippen molar-refractivity contribution in [3.05, 3.63) is 33.8 Å². The minimum atomic E-state index is 0.584. The van der Waals surface area contributed by atoms with Crippen LogP contribution >= 0.6 is 23.2 Å². The predicted molar refractivity (Wildman–Crippen MR) is 73.0 cm³/mol. The van der Waals surface area contributed by atoms with Crippen molar-refractivity contribution in [1.29, 1.82) is 0 Å². The second-order valence-corrected chi connectivity index (χ2v) is 5.49. The fraction of sp³-hybridized carbons (Fsp3) is 0.571. The average Bonchev–Trinajstić information content (AvgIpc) is 3.09. The van der Waals surface area contributed by atoms with Crippen molar-refractivity contribution in [3.63, 3.8) is 0 Å². The van der Waals surface area contributed by atoms with Crippen LogP contribution in [0.2, 0.25) is 10.0 Å². The van der Waals surface area contributed by atoms with Crippen molar-refractivity contribution in [3.8, 4) is 0 Å². The van der Waals surface area contributed by atoms with Crippen LogP contribution in [0.5, 0.6) is 0 Å². The quantitative estimate of drug-likeness (QED) is 0.509. The molecule has 1 unspecified atom stereocenters. The SMILES string of the molecule is Clc1ccc(CCCCCCC2CO2)c(Cl)c1. The van der Waals surface area contributed by atoms with Crippen molar-refractivity contribution < 1.29 is 4.74 Å². The summed E-state index contributed by atoms with van der Waals surface area (Å²) in [5.41, 5.74) is 1.21. The molecule has 1 aromatic carbocycles. The molecule has 1 saturated heterocycles. The fourth-order valence-electron chi connectivity index (χ4n) is 2.00. The number of epoxide rings is 1. The summed E-state index contributed by atoms with van der Waals surface area (Å²) in [4.78, 5) is 0. The number of hydrogen-bond acceptors (Lipinski definition) is 1. The molecule has 1 heterocycles. The van der Waals surface area contributed by atoms with E-state index in [4.69, 9.17) is 27.9 Å². The van der Waals surface area contributed by atoms with E-state index < -0.39 is 0 Å². The normalized spacial score (nSPS) is 18.4. The first-order valence-electron chi connectivity index (χ1n) is 6.31. The molecule has 0 aliphatic carbocycles. The van der Waals surface area contributed by atoms with E-state index >= 15 is 0 Å². The molecular formula is C14H18Cl2O. The zero-order valence-corrected chi connectivity index (χ0v) is 11.4. The van der Waals surface area contributed by atoms with Crippen LogP contribution in [0.3, 0.4) is 0 Å². The molecule has 3 heteroatoms. The Hall–Kier alpha value is -0.240. The molecule has 1 nitrogen and oxygen atoms in total. The summed E-state index contributed by atoms with van der Waals surface area (Å²) in [6, 6.07) is 5.76. The Morgan fingerprint density at radius 2 is 1.88 bits per heavy atom. The zero-order chi connectivity index (χ0) is 12.1. The maximum absolute atomic E-state index is 6.12. The van der Waals surface area contributed by atoms with E-state index in [-0.39, 0.29) is 0 Å². The van der Waals surface area contributed by atoms with Crippen molar-refractivity contribution >= 4 is 23.2 Å². The van der Waals surface area contributed by atoms with Crippen LogP contribution in [0.15, 0.2) is 18.2 Å². The minimum absolute atomic E-state index is 0.584. The topological polar surface area (TPSA) is 12.5 Å². The third-order valence-corrected chi connectivity index (χ3v) is 3.73. The van der Waals surface area contributed by atoms with Crippen LogP contribution in [0.1, 0.15) is 37.7 Å². The monoisotopic (exact) mass is 272 g/mol. The maximum atomic E-state index is 6.12. The van der Waals surface area contributed by atoms with Crippen molar-refractivity contribution in [2.24, 2.45) is 0 Å². The molecule has 1 fully saturated rings. The lowest BCUT2D eigenvalue weighted by molar-refractivity contribution is 0.388. The highest BCUT2D eigenvalue weighted by Gasteiger charge is 2.20. The molecule has 0 amide bonds. The molecule has 0 saturated carbocycles. The summed E-state index contributed by atoms with van der Waals surface area (Å²) in [7, 11) is 0. The summed E-state index contributed by atoms with van der Waals surface area (Å²) >= 11 is 12.0. The van der Waals surface area contributed by atoms with Crippen LogP contribution in [0.4, 0.5) is 0 Å². The van der Waals surface area contributed by atoms with Crippen molar-refractivity contribution in [2.75, 3.05) is 6.61 Å². The molecule has 2 rings (SSSR count). The Bertz CT molecular complexity index is 361. The first-order valence-corrected chi connectivity index (χ1v) is 7.07. The van der Waals surface area contributed by atoms with Crippen molar-refractivity contribution in [1.82, 2.24) is 0 Å². The van der Waals surface area contributed by atoms with Gasteiger partial charge in [0.1, 0.15) is 0 Å². The number of hydrogen-bond donors (Lipinski definition) is 0. The number of benzene rings is 1. The molecule has 0 spiro atoms. The molecule has 0 N–H and O–H groups in total. The fourth-order valence-corrected chi connectivity index (χ4v) is 2.50. The standard InChI is InChI=1S/C14H18Cl2O/c15-12-8-7-11(14(16)9-12)5-3-1-2-4-6-13-10-17-13/h7-9,13H,1-6,10H2. The number of halogens is 2. The van der Waals surface area contributed by atoms with E-state index in [1.807, 2.05) is 18.2 Å². The second-order valence-electron chi connectivity index (χ2n) is 4.64. The van der Waals surface area contributed by atoms with Gasteiger partial charge in [-0.15, -0.1) is 0 Å². The van der Waals surface area contributed by atoms with Crippen LogP contribution in [-0.4, -0.2) is 12.7 Å². The van der Waals surface area contributed by atoms with Crippen LogP contribution < -0.4 is 0 Å². The number of aryl methyl sites for hydroxylation is 1. The summed E-state index contributed by atoms with van der Waals surface area (Å²) in [6.45, 7) is 0.986. The number of ether oxygens (including phenoxy) is 1. The maximum Gasteiger partial charge on any atom is 0.0810 e. The molecule has 1 aromatic rings. The Balaban J connectivity index is 1.60. The lowest BCUT2D eigenvalue weighted by atomic mass is 10.0.